The minimum absolute atomic E-state index is 0.990. The molecule has 0 spiro atoms. The van der Waals surface area contributed by atoms with E-state index in [1.165, 1.54) is 11.1 Å². The molecule has 11 heavy (non-hydrogen) atoms. The molecule has 0 saturated carbocycles. The summed E-state index contributed by atoms with van der Waals surface area (Å²) in [7, 11) is 0. The van der Waals surface area contributed by atoms with Gasteiger partial charge in [-0.1, -0.05) is 41.9 Å². The van der Waals surface area contributed by atoms with Crippen LogP contribution in [-0.4, -0.2) is 0 Å². The summed E-state index contributed by atoms with van der Waals surface area (Å²) in [5, 5.41) is 1.88. The van der Waals surface area contributed by atoms with E-state index in [2.05, 4.69) is 12.1 Å². The molecule has 2 heteroatoms. The molecule has 0 heterocycles. The first kappa shape index (κ1) is 8.69. The Labute approximate surface area is 76.3 Å². The highest BCUT2D eigenvalue weighted by molar-refractivity contribution is 8.01. The number of hydrogen-bond acceptors (Lipinski definition) is 1. The first-order valence-corrected chi connectivity index (χ1v) is 4.83. The summed E-state index contributed by atoms with van der Waals surface area (Å²) in [4.78, 5) is 0. The van der Waals surface area contributed by atoms with Crippen molar-refractivity contribution in [3.63, 3.8) is 0 Å². The van der Waals surface area contributed by atoms with E-state index < -0.39 is 0 Å². The molecule has 0 fully saturated rings. The van der Waals surface area contributed by atoms with Crippen molar-refractivity contribution in [3.8, 4) is 0 Å². The van der Waals surface area contributed by atoms with Gasteiger partial charge in [-0.25, -0.2) is 0 Å². The molecular formula is C9H9ClS. The fourth-order valence-corrected chi connectivity index (χ4v) is 1.53. The smallest absolute Gasteiger partial charge is 0.0226 e. The molecule has 0 amide bonds. The molecule has 1 aromatic carbocycles. The minimum Gasteiger partial charge on any atom is -0.128 e. The Morgan fingerprint density at radius 1 is 1.27 bits per heavy atom. The number of benzene rings is 1. The largest absolute Gasteiger partial charge is 0.128 e. The lowest BCUT2D eigenvalue weighted by molar-refractivity contribution is 1.42. The van der Waals surface area contributed by atoms with Crippen LogP contribution in [0.3, 0.4) is 0 Å². The lowest BCUT2D eigenvalue weighted by Crippen LogP contribution is -1.74. The maximum absolute atomic E-state index is 5.37. The number of hydrogen-bond donors (Lipinski definition) is 0. The Balaban J connectivity index is 2.39. The van der Waals surface area contributed by atoms with E-state index in [-0.39, 0.29) is 0 Å². The van der Waals surface area contributed by atoms with Gasteiger partial charge < -0.3 is 0 Å². The third-order valence-electron chi connectivity index (χ3n) is 1.24. The van der Waals surface area contributed by atoms with E-state index in [9.17, 15) is 0 Å². The van der Waals surface area contributed by atoms with E-state index >= 15 is 0 Å². The average molecular weight is 185 g/mol. The van der Waals surface area contributed by atoms with E-state index in [0.717, 1.165) is 5.75 Å². The van der Waals surface area contributed by atoms with Crippen LogP contribution in [0.1, 0.15) is 5.56 Å². The lowest BCUT2D eigenvalue weighted by atomic mass is 10.2. The molecule has 0 aliphatic carbocycles. The van der Waals surface area contributed by atoms with Crippen LogP contribution in [-0.2, 0) is 5.75 Å². The van der Waals surface area contributed by atoms with Gasteiger partial charge in [0.2, 0.25) is 0 Å². The first-order chi connectivity index (χ1) is 5.43. The molecule has 0 unspecified atom stereocenters. The second kappa shape index (κ2) is 5.28. The van der Waals surface area contributed by atoms with E-state index in [4.69, 9.17) is 11.6 Å². The summed E-state index contributed by atoms with van der Waals surface area (Å²) in [5.74, 6) is 0.990. The SMILES string of the molecule is Cl/C=C/SCc1ccccc1. The zero-order valence-electron chi connectivity index (χ0n) is 6.03. The van der Waals surface area contributed by atoms with Gasteiger partial charge in [-0.05, 0) is 11.0 Å². The molecule has 0 aromatic heterocycles. The predicted molar refractivity (Wildman–Crippen MR) is 52.7 cm³/mol. The molecule has 0 saturated heterocycles. The van der Waals surface area contributed by atoms with Crippen LogP contribution in [0.5, 0.6) is 0 Å². The van der Waals surface area contributed by atoms with Gasteiger partial charge in [0.1, 0.15) is 0 Å². The van der Waals surface area contributed by atoms with Gasteiger partial charge in [0, 0.05) is 11.3 Å². The molecule has 1 rings (SSSR count). The third kappa shape index (κ3) is 3.49. The molecule has 0 radical (unpaired) electrons. The highest BCUT2D eigenvalue weighted by atomic mass is 35.5. The molecule has 0 nitrogen and oxygen atoms in total. The van der Waals surface area contributed by atoms with Crippen molar-refractivity contribution in [2.75, 3.05) is 0 Å². The fourth-order valence-electron chi connectivity index (χ4n) is 0.755. The Morgan fingerprint density at radius 3 is 2.64 bits per heavy atom. The van der Waals surface area contributed by atoms with Crippen LogP contribution in [0, 0.1) is 0 Å². The summed E-state index contributed by atoms with van der Waals surface area (Å²) in [6.07, 6.45) is 0. The summed E-state index contributed by atoms with van der Waals surface area (Å²) in [5.41, 5.74) is 2.86. The van der Waals surface area contributed by atoms with Gasteiger partial charge >= 0.3 is 0 Å². The molecule has 0 N–H and O–H groups in total. The van der Waals surface area contributed by atoms with Crippen molar-refractivity contribution in [2.45, 2.75) is 5.75 Å². The lowest BCUT2D eigenvalue weighted by Gasteiger charge is -1.94. The minimum atomic E-state index is 0.990. The average Bonchev–Trinajstić information content (AvgIpc) is 2.07. The van der Waals surface area contributed by atoms with Gasteiger partial charge in [0.05, 0.1) is 0 Å². The van der Waals surface area contributed by atoms with Gasteiger partial charge in [-0.2, -0.15) is 0 Å². The molecule has 58 valence electrons. The molecule has 0 atom stereocenters. The van der Waals surface area contributed by atoms with Crippen molar-refractivity contribution in [1.29, 1.82) is 0 Å². The van der Waals surface area contributed by atoms with Gasteiger partial charge in [0.15, 0.2) is 0 Å². The molecule has 1 aromatic rings. The molecular weight excluding hydrogens is 176 g/mol. The molecule has 0 aliphatic heterocycles. The van der Waals surface area contributed by atoms with Crippen LogP contribution >= 0.6 is 23.4 Å². The normalized spacial score (nSPS) is 10.6. The van der Waals surface area contributed by atoms with E-state index in [1.54, 1.807) is 11.8 Å². The molecule has 0 bridgehead atoms. The number of thioether (sulfide) groups is 1. The van der Waals surface area contributed by atoms with Crippen LogP contribution < -0.4 is 0 Å². The van der Waals surface area contributed by atoms with Crippen molar-refractivity contribution < 1.29 is 0 Å². The topological polar surface area (TPSA) is 0 Å². The number of halogens is 1. The molecule has 0 aliphatic rings. The van der Waals surface area contributed by atoms with Crippen LogP contribution in [0.4, 0.5) is 0 Å². The van der Waals surface area contributed by atoms with Crippen molar-refractivity contribution >= 4 is 23.4 Å². The first-order valence-electron chi connectivity index (χ1n) is 3.34. The van der Waals surface area contributed by atoms with Crippen molar-refractivity contribution in [2.24, 2.45) is 0 Å². The summed E-state index contributed by atoms with van der Waals surface area (Å²) >= 11 is 7.06. The summed E-state index contributed by atoms with van der Waals surface area (Å²) < 4.78 is 0. The van der Waals surface area contributed by atoms with Crippen LogP contribution in [0.2, 0.25) is 0 Å². The van der Waals surface area contributed by atoms with Crippen LogP contribution in [0.15, 0.2) is 41.3 Å². The van der Waals surface area contributed by atoms with Gasteiger partial charge in [-0.15, -0.1) is 11.8 Å². The maximum atomic E-state index is 5.37. The second-order valence-corrected chi connectivity index (χ2v) is 3.20. The second-order valence-electron chi connectivity index (χ2n) is 2.06. The monoisotopic (exact) mass is 184 g/mol. The van der Waals surface area contributed by atoms with E-state index in [0.29, 0.717) is 0 Å². The Bertz CT molecular complexity index is 218. The summed E-state index contributed by atoms with van der Waals surface area (Å²) in [6, 6.07) is 10.3. The maximum Gasteiger partial charge on any atom is 0.0226 e. The summed E-state index contributed by atoms with van der Waals surface area (Å²) in [6.45, 7) is 0. The van der Waals surface area contributed by atoms with E-state index in [1.807, 2.05) is 23.6 Å². The fraction of sp³-hybridized carbons (Fsp3) is 0.111. The number of rotatable bonds is 3. The van der Waals surface area contributed by atoms with Gasteiger partial charge in [-0.3, -0.25) is 0 Å². The highest BCUT2D eigenvalue weighted by Crippen LogP contribution is 2.12. The Hall–Kier alpha value is -0.400. The quantitative estimate of drug-likeness (QED) is 0.692. The van der Waals surface area contributed by atoms with Crippen molar-refractivity contribution in [1.82, 2.24) is 0 Å². The highest BCUT2D eigenvalue weighted by Gasteiger charge is 1.86. The third-order valence-corrected chi connectivity index (χ3v) is 2.34. The zero-order valence-corrected chi connectivity index (χ0v) is 7.61. The Kier molecular flexibility index (Phi) is 4.17. The standard InChI is InChI=1S/C9H9ClS/c10-6-7-11-8-9-4-2-1-3-5-9/h1-7H,8H2/b7-6+. The van der Waals surface area contributed by atoms with Gasteiger partial charge in [0.25, 0.3) is 0 Å². The Morgan fingerprint density at radius 2 is 2.00 bits per heavy atom. The van der Waals surface area contributed by atoms with Crippen LogP contribution in [0.25, 0.3) is 0 Å². The van der Waals surface area contributed by atoms with Crippen molar-refractivity contribution in [3.05, 3.63) is 46.8 Å². The predicted octanol–water partition coefficient (Wildman–Crippen LogP) is 3.63. The zero-order chi connectivity index (χ0) is 7.94.